The number of nitriles is 1. The Morgan fingerprint density at radius 1 is 1.53 bits per heavy atom. The molecule has 1 unspecified atom stereocenters. The Bertz CT molecular complexity index is 612. The fourth-order valence-electron chi connectivity index (χ4n) is 1.92. The molecule has 2 aromatic rings. The lowest BCUT2D eigenvalue weighted by molar-refractivity contribution is -0.120. The predicted molar refractivity (Wildman–Crippen MR) is 70.2 cm³/mol. The molecule has 0 fully saturated rings. The van der Waals surface area contributed by atoms with E-state index in [1.165, 1.54) is 0 Å². The van der Waals surface area contributed by atoms with E-state index in [0.29, 0.717) is 17.7 Å². The number of para-hydroxylation sites is 1. The SMILES string of the molecule is CCCC(C#N)NC(=O)Cc1noc2ccccc12. The minimum Gasteiger partial charge on any atom is -0.356 e. The predicted octanol–water partition coefficient (Wildman–Crippen LogP) is 2.18. The van der Waals surface area contributed by atoms with Crippen molar-refractivity contribution in [1.82, 2.24) is 10.5 Å². The van der Waals surface area contributed by atoms with E-state index in [1.54, 1.807) is 6.07 Å². The van der Waals surface area contributed by atoms with Crippen LogP contribution in [0.3, 0.4) is 0 Å². The summed E-state index contributed by atoms with van der Waals surface area (Å²) in [6.45, 7) is 1.97. The van der Waals surface area contributed by atoms with Crippen LogP contribution in [0.5, 0.6) is 0 Å². The highest BCUT2D eigenvalue weighted by Crippen LogP contribution is 2.18. The zero-order valence-electron chi connectivity index (χ0n) is 10.7. The van der Waals surface area contributed by atoms with Gasteiger partial charge in [-0.2, -0.15) is 5.26 Å². The maximum absolute atomic E-state index is 11.9. The highest BCUT2D eigenvalue weighted by atomic mass is 16.5. The Morgan fingerprint density at radius 2 is 2.32 bits per heavy atom. The number of amides is 1. The molecule has 0 radical (unpaired) electrons. The minimum atomic E-state index is -0.435. The molecule has 1 amide bonds. The fraction of sp³-hybridized carbons (Fsp3) is 0.357. The summed E-state index contributed by atoms with van der Waals surface area (Å²) in [4.78, 5) is 11.9. The van der Waals surface area contributed by atoms with Gasteiger partial charge in [-0.1, -0.05) is 30.6 Å². The second-order valence-electron chi connectivity index (χ2n) is 4.34. The number of fused-ring (bicyclic) bond motifs is 1. The highest BCUT2D eigenvalue weighted by Gasteiger charge is 2.15. The van der Waals surface area contributed by atoms with Gasteiger partial charge < -0.3 is 9.84 Å². The Kier molecular flexibility index (Phi) is 4.14. The molecule has 1 aromatic heterocycles. The van der Waals surface area contributed by atoms with E-state index in [9.17, 15) is 4.79 Å². The van der Waals surface area contributed by atoms with Gasteiger partial charge in [-0.05, 0) is 18.6 Å². The molecule has 5 nitrogen and oxygen atoms in total. The van der Waals surface area contributed by atoms with Gasteiger partial charge in [-0.3, -0.25) is 4.79 Å². The van der Waals surface area contributed by atoms with E-state index in [2.05, 4.69) is 16.5 Å². The summed E-state index contributed by atoms with van der Waals surface area (Å²) in [6, 6.07) is 9.03. The number of hydrogen-bond donors (Lipinski definition) is 1. The van der Waals surface area contributed by atoms with Gasteiger partial charge in [-0.15, -0.1) is 0 Å². The standard InChI is InChI=1S/C14H15N3O2/c1-2-5-10(9-15)16-14(18)8-12-11-6-3-4-7-13(11)19-17-12/h3-4,6-7,10H,2,5,8H2,1H3,(H,16,18). The summed E-state index contributed by atoms with van der Waals surface area (Å²) in [5.41, 5.74) is 1.26. The van der Waals surface area contributed by atoms with Crippen molar-refractivity contribution in [3.05, 3.63) is 30.0 Å². The van der Waals surface area contributed by atoms with Crippen molar-refractivity contribution < 1.29 is 9.32 Å². The normalized spacial score (nSPS) is 12.0. The van der Waals surface area contributed by atoms with Crippen molar-refractivity contribution in [2.24, 2.45) is 0 Å². The molecular weight excluding hydrogens is 242 g/mol. The third-order valence-electron chi connectivity index (χ3n) is 2.85. The van der Waals surface area contributed by atoms with Gasteiger partial charge in [0.05, 0.1) is 12.5 Å². The van der Waals surface area contributed by atoms with Gasteiger partial charge in [0, 0.05) is 5.39 Å². The molecule has 0 spiro atoms. The third kappa shape index (κ3) is 3.10. The van der Waals surface area contributed by atoms with Crippen LogP contribution in [0.25, 0.3) is 11.0 Å². The van der Waals surface area contributed by atoms with Crippen LogP contribution in [0.15, 0.2) is 28.8 Å². The first-order valence-corrected chi connectivity index (χ1v) is 6.27. The molecule has 0 aliphatic carbocycles. The van der Waals surface area contributed by atoms with Gasteiger partial charge in [0.2, 0.25) is 5.91 Å². The van der Waals surface area contributed by atoms with E-state index in [-0.39, 0.29) is 12.3 Å². The Morgan fingerprint density at radius 3 is 3.05 bits per heavy atom. The number of aromatic nitrogens is 1. The quantitative estimate of drug-likeness (QED) is 0.890. The number of hydrogen-bond acceptors (Lipinski definition) is 4. The summed E-state index contributed by atoms with van der Waals surface area (Å²) >= 11 is 0. The second kappa shape index (κ2) is 6.01. The van der Waals surface area contributed by atoms with Crippen molar-refractivity contribution in [1.29, 1.82) is 5.26 Å². The van der Waals surface area contributed by atoms with Crippen LogP contribution in [0.1, 0.15) is 25.5 Å². The lowest BCUT2D eigenvalue weighted by Crippen LogP contribution is -2.34. The number of nitrogens with one attached hydrogen (secondary N) is 1. The van der Waals surface area contributed by atoms with Crippen LogP contribution in [0.2, 0.25) is 0 Å². The van der Waals surface area contributed by atoms with E-state index < -0.39 is 6.04 Å². The topological polar surface area (TPSA) is 78.9 Å². The number of carbonyl (C=O) groups excluding carboxylic acids is 1. The van der Waals surface area contributed by atoms with Gasteiger partial charge in [-0.25, -0.2) is 0 Å². The third-order valence-corrected chi connectivity index (χ3v) is 2.85. The first-order valence-electron chi connectivity index (χ1n) is 6.27. The van der Waals surface area contributed by atoms with Crippen LogP contribution in [-0.2, 0) is 11.2 Å². The molecule has 0 bridgehead atoms. The Labute approximate surface area is 111 Å². The van der Waals surface area contributed by atoms with E-state index in [1.807, 2.05) is 25.1 Å². The van der Waals surface area contributed by atoms with E-state index in [4.69, 9.17) is 9.78 Å². The number of benzene rings is 1. The fourth-order valence-corrected chi connectivity index (χ4v) is 1.92. The molecule has 0 aliphatic heterocycles. The lowest BCUT2D eigenvalue weighted by atomic mass is 10.1. The maximum atomic E-state index is 11.9. The number of rotatable bonds is 5. The van der Waals surface area contributed by atoms with Crippen molar-refractivity contribution in [3.8, 4) is 6.07 Å². The van der Waals surface area contributed by atoms with Crippen molar-refractivity contribution in [3.63, 3.8) is 0 Å². The second-order valence-corrected chi connectivity index (χ2v) is 4.34. The molecule has 0 saturated carbocycles. The summed E-state index contributed by atoms with van der Waals surface area (Å²) in [7, 11) is 0. The number of nitrogens with zero attached hydrogens (tertiary/aromatic N) is 2. The molecule has 5 heteroatoms. The minimum absolute atomic E-state index is 0.124. The van der Waals surface area contributed by atoms with E-state index >= 15 is 0 Å². The smallest absolute Gasteiger partial charge is 0.227 e. The molecule has 1 aromatic carbocycles. The Balaban J connectivity index is 2.05. The van der Waals surface area contributed by atoms with E-state index in [0.717, 1.165) is 11.8 Å². The summed E-state index contributed by atoms with van der Waals surface area (Å²) in [5.74, 6) is -0.209. The van der Waals surface area contributed by atoms with Gasteiger partial charge in [0.1, 0.15) is 11.7 Å². The molecule has 2 rings (SSSR count). The average Bonchev–Trinajstić information content (AvgIpc) is 2.82. The zero-order valence-corrected chi connectivity index (χ0v) is 10.7. The van der Waals surface area contributed by atoms with Crippen molar-refractivity contribution in [2.75, 3.05) is 0 Å². The van der Waals surface area contributed by atoms with Gasteiger partial charge >= 0.3 is 0 Å². The molecule has 0 saturated heterocycles. The zero-order chi connectivity index (χ0) is 13.7. The summed E-state index contributed by atoms with van der Waals surface area (Å²) in [6.07, 6.45) is 1.63. The average molecular weight is 257 g/mol. The number of carbonyl (C=O) groups is 1. The molecular formula is C14H15N3O2. The molecule has 0 aliphatic rings. The van der Waals surface area contributed by atoms with Crippen molar-refractivity contribution in [2.45, 2.75) is 32.2 Å². The van der Waals surface area contributed by atoms with Gasteiger partial charge in [0.25, 0.3) is 0 Å². The van der Waals surface area contributed by atoms with Crippen LogP contribution >= 0.6 is 0 Å². The van der Waals surface area contributed by atoms with Crippen LogP contribution in [-0.4, -0.2) is 17.1 Å². The monoisotopic (exact) mass is 257 g/mol. The molecule has 1 N–H and O–H groups in total. The first kappa shape index (κ1) is 13.1. The maximum Gasteiger partial charge on any atom is 0.227 e. The van der Waals surface area contributed by atoms with Crippen LogP contribution in [0, 0.1) is 11.3 Å². The Hall–Kier alpha value is -2.35. The largest absolute Gasteiger partial charge is 0.356 e. The lowest BCUT2D eigenvalue weighted by Gasteiger charge is -2.09. The molecule has 98 valence electrons. The first-order chi connectivity index (χ1) is 9.24. The van der Waals surface area contributed by atoms with Crippen LogP contribution in [0.4, 0.5) is 0 Å². The highest BCUT2D eigenvalue weighted by molar-refractivity contribution is 5.86. The van der Waals surface area contributed by atoms with Crippen LogP contribution < -0.4 is 5.32 Å². The molecule has 19 heavy (non-hydrogen) atoms. The molecule has 1 heterocycles. The summed E-state index contributed by atoms with van der Waals surface area (Å²) < 4.78 is 5.13. The summed E-state index contributed by atoms with van der Waals surface area (Å²) in [5, 5.41) is 16.3. The van der Waals surface area contributed by atoms with Gasteiger partial charge in [0.15, 0.2) is 5.58 Å². The molecule has 1 atom stereocenters. The van der Waals surface area contributed by atoms with Crippen molar-refractivity contribution >= 4 is 16.9 Å².